The zero-order valence-corrected chi connectivity index (χ0v) is 10.9. The number of benzene rings is 1. The molecule has 1 amide bonds. The number of hydrogen-bond donors (Lipinski definition) is 3. The molecule has 1 aromatic carbocycles. The van der Waals surface area contributed by atoms with Gasteiger partial charge in [0.2, 0.25) is 0 Å². The molecule has 5 nitrogen and oxygen atoms in total. The fourth-order valence-corrected chi connectivity index (χ4v) is 1.72. The van der Waals surface area contributed by atoms with Gasteiger partial charge in [0.15, 0.2) is 0 Å². The van der Waals surface area contributed by atoms with Gasteiger partial charge in [0.05, 0.1) is 23.4 Å². The summed E-state index contributed by atoms with van der Waals surface area (Å²) in [6.07, 6.45) is -4.55. The monoisotopic (exact) mass is 291 g/mol. The second-order valence-electron chi connectivity index (χ2n) is 4.01. The van der Waals surface area contributed by atoms with Crippen LogP contribution < -0.4 is 11.3 Å². The minimum Gasteiger partial charge on any atom is -0.395 e. The van der Waals surface area contributed by atoms with E-state index < -0.39 is 17.6 Å². The Bertz CT molecular complexity index is 478. The normalized spacial score (nSPS) is 11.3. The molecule has 8 heteroatoms. The number of likely N-dealkylation sites (N-methyl/N-ethyl adjacent to an activating group) is 1. The van der Waals surface area contributed by atoms with Crippen molar-refractivity contribution in [3.63, 3.8) is 0 Å². The minimum atomic E-state index is -4.55. The summed E-state index contributed by atoms with van der Waals surface area (Å²) >= 11 is 0. The molecule has 0 saturated heterocycles. The van der Waals surface area contributed by atoms with E-state index in [2.05, 4.69) is 5.43 Å². The number of halogens is 3. The van der Waals surface area contributed by atoms with E-state index in [1.165, 1.54) is 4.90 Å². The number of aliphatic hydroxyl groups excluding tert-OH is 1. The molecule has 0 atom stereocenters. The molecule has 0 heterocycles. The van der Waals surface area contributed by atoms with Gasteiger partial charge in [0.25, 0.3) is 5.91 Å². The van der Waals surface area contributed by atoms with Crippen LogP contribution in [-0.2, 0) is 6.18 Å². The van der Waals surface area contributed by atoms with E-state index >= 15 is 0 Å². The van der Waals surface area contributed by atoms with Crippen LogP contribution in [0.15, 0.2) is 18.2 Å². The highest BCUT2D eigenvalue weighted by Gasteiger charge is 2.32. The zero-order valence-electron chi connectivity index (χ0n) is 10.9. The maximum atomic E-state index is 12.7. The summed E-state index contributed by atoms with van der Waals surface area (Å²) < 4.78 is 38.0. The van der Waals surface area contributed by atoms with Crippen LogP contribution in [0.5, 0.6) is 0 Å². The van der Waals surface area contributed by atoms with E-state index in [1.807, 2.05) is 0 Å². The first-order valence-corrected chi connectivity index (χ1v) is 5.93. The minimum absolute atomic E-state index is 0.0373. The standard InChI is InChI=1S/C12H16F3N3O2/c1-2-18(5-6-19)11(20)9-7-8(12(13,14)15)3-4-10(9)17-16/h3-4,7,17,19H,2,5-6,16H2,1H3. The highest BCUT2D eigenvalue weighted by Crippen LogP contribution is 2.32. The van der Waals surface area contributed by atoms with Gasteiger partial charge in [-0.05, 0) is 25.1 Å². The number of amides is 1. The van der Waals surface area contributed by atoms with Crippen LogP contribution in [0.3, 0.4) is 0 Å². The predicted octanol–water partition coefficient (Wildman–Crippen LogP) is 1.45. The molecular weight excluding hydrogens is 275 g/mol. The number of anilines is 1. The van der Waals surface area contributed by atoms with Crippen LogP contribution >= 0.6 is 0 Å². The first-order valence-electron chi connectivity index (χ1n) is 5.93. The number of carbonyl (C=O) groups excluding carboxylic acids is 1. The third-order valence-electron chi connectivity index (χ3n) is 2.77. The average molecular weight is 291 g/mol. The van der Waals surface area contributed by atoms with Crippen molar-refractivity contribution < 1.29 is 23.1 Å². The van der Waals surface area contributed by atoms with Crippen LogP contribution in [-0.4, -0.2) is 35.6 Å². The lowest BCUT2D eigenvalue weighted by Gasteiger charge is -2.22. The molecule has 0 radical (unpaired) electrons. The van der Waals surface area contributed by atoms with Gasteiger partial charge < -0.3 is 15.4 Å². The van der Waals surface area contributed by atoms with Crippen molar-refractivity contribution in [2.45, 2.75) is 13.1 Å². The lowest BCUT2D eigenvalue weighted by molar-refractivity contribution is -0.137. The first-order chi connectivity index (χ1) is 9.35. The molecule has 0 unspecified atom stereocenters. The molecule has 1 rings (SSSR count). The molecule has 112 valence electrons. The first kappa shape index (κ1) is 16.3. The van der Waals surface area contributed by atoms with Crippen LogP contribution in [0.4, 0.5) is 18.9 Å². The number of alkyl halides is 3. The van der Waals surface area contributed by atoms with E-state index in [4.69, 9.17) is 10.9 Å². The van der Waals surface area contributed by atoms with E-state index in [9.17, 15) is 18.0 Å². The molecule has 1 aromatic rings. The molecule has 0 spiro atoms. The summed E-state index contributed by atoms with van der Waals surface area (Å²) in [6.45, 7) is 1.69. The van der Waals surface area contributed by atoms with E-state index in [0.717, 1.165) is 18.2 Å². The summed E-state index contributed by atoms with van der Waals surface area (Å²) in [5.74, 6) is 4.59. The summed E-state index contributed by atoms with van der Waals surface area (Å²) in [6, 6.07) is 2.69. The SMILES string of the molecule is CCN(CCO)C(=O)c1cc(C(F)(F)F)ccc1NN. The van der Waals surface area contributed by atoms with Gasteiger partial charge in [-0.3, -0.25) is 10.6 Å². The zero-order chi connectivity index (χ0) is 15.3. The number of nitrogens with one attached hydrogen (secondary N) is 1. The molecule has 0 aliphatic rings. The fourth-order valence-electron chi connectivity index (χ4n) is 1.72. The second kappa shape index (κ2) is 6.58. The van der Waals surface area contributed by atoms with Crippen molar-refractivity contribution in [3.8, 4) is 0 Å². The Morgan fingerprint density at radius 1 is 1.45 bits per heavy atom. The van der Waals surface area contributed by atoms with Gasteiger partial charge in [-0.1, -0.05) is 0 Å². The van der Waals surface area contributed by atoms with Gasteiger partial charge in [-0.2, -0.15) is 13.2 Å². The van der Waals surface area contributed by atoms with E-state index in [0.29, 0.717) is 0 Å². The Morgan fingerprint density at radius 3 is 2.55 bits per heavy atom. The van der Waals surface area contributed by atoms with Gasteiger partial charge >= 0.3 is 6.18 Å². The number of hydrazine groups is 1. The lowest BCUT2D eigenvalue weighted by Crippen LogP contribution is -2.34. The highest BCUT2D eigenvalue weighted by atomic mass is 19.4. The molecule has 0 bridgehead atoms. The van der Waals surface area contributed by atoms with E-state index in [-0.39, 0.29) is 30.9 Å². The number of carbonyl (C=O) groups is 1. The summed E-state index contributed by atoms with van der Waals surface area (Å²) in [5.41, 5.74) is 1.18. The second-order valence-corrected chi connectivity index (χ2v) is 4.01. The number of hydrogen-bond acceptors (Lipinski definition) is 4. The summed E-state index contributed by atoms with van der Waals surface area (Å²) in [4.78, 5) is 13.4. The molecule has 0 fully saturated rings. The Morgan fingerprint density at radius 2 is 2.10 bits per heavy atom. The van der Waals surface area contributed by atoms with Gasteiger partial charge in [-0.25, -0.2) is 0 Å². The smallest absolute Gasteiger partial charge is 0.395 e. The Hall–Kier alpha value is -1.80. The molecule has 0 aliphatic carbocycles. The third-order valence-corrected chi connectivity index (χ3v) is 2.77. The highest BCUT2D eigenvalue weighted by molar-refractivity contribution is 5.99. The number of aliphatic hydroxyl groups is 1. The molecule has 20 heavy (non-hydrogen) atoms. The third kappa shape index (κ3) is 3.61. The topological polar surface area (TPSA) is 78.6 Å². The summed E-state index contributed by atoms with van der Waals surface area (Å²) in [7, 11) is 0. The van der Waals surface area contributed by atoms with E-state index in [1.54, 1.807) is 6.92 Å². The fraction of sp³-hybridized carbons (Fsp3) is 0.417. The van der Waals surface area contributed by atoms with Crippen LogP contribution in [0.2, 0.25) is 0 Å². The van der Waals surface area contributed by atoms with Crippen LogP contribution in [0.1, 0.15) is 22.8 Å². The number of nitrogen functional groups attached to an aromatic ring is 1. The lowest BCUT2D eigenvalue weighted by atomic mass is 10.1. The van der Waals surface area contributed by atoms with Crippen molar-refractivity contribution in [3.05, 3.63) is 29.3 Å². The van der Waals surface area contributed by atoms with Crippen molar-refractivity contribution in [1.29, 1.82) is 0 Å². The Balaban J connectivity index is 3.23. The number of nitrogens with two attached hydrogens (primary N) is 1. The molecular formula is C12H16F3N3O2. The predicted molar refractivity (Wildman–Crippen MR) is 67.9 cm³/mol. The molecule has 0 aromatic heterocycles. The molecule has 0 saturated carbocycles. The van der Waals surface area contributed by atoms with Crippen LogP contribution in [0.25, 0.3) is 0 Å². The average Bonchev–Trinajstić information content (AvgIpc) is 2.42. The van der Waals surface area contributed by atoms with Gasteiger partial charge in [-0.15, -0.1) is 0 Å². The quantitative estimate of drug-likeness (QED) is 0.566. The van der Waals surface area contributed by atoms with Crippen molar-refractivity contribution in [1.82, 2.24) is 4.90 Å². The Kier molecular flexibility index (Phi) is 5.34. The largest absolute Gasteiger partial charge is 0.416 e. The maximum Gasteiger partial charge on any atom is 0.416 e. The van der Waals surface area contributed by atoms with Crippen molar-refractivity contribution >= 4 is 11.6 Å². The van der Waals surface area contributed by atoms with Gasteiger partial charge in [0.1, 0.15) is 0 Å². The molecule has 0 aliphatic heterocycles. The Labute approximate surface area is 114 Å². The summed E-state index contributed by atoms with van der Waals surface area (Å²) in [5, 5.41) is 8.86. The van der Waals surface area contributed by atoms with Crippen LogP contribution in [0, 0.1) is 0 Å². The van der Waals surface area contributed by atoms with Crippen molar-refractivity contribution in [2.24, 2.45) is 5.84 Å². The molecule has 4 N–H and O–H groups in total. The number of rotatable bonds is 5. The van der Waals surface area contributed by atoms with Gasteiger partial charge in [0, 0.05) is 13.1 Å². The number of nitrogens with zero attached hydrogens (tertiary/aromatic N) is 1. The maximum absolute atomic E-state index is 12.7. The van der Waals surface area contributed by atoms with Crippen molar-refractivity contribution in [2.75, 3.05) is 25.1 Å².